The molecule has 0 radical (unpaired) electrons. The first-order valence-corrected chi connectivity index (χ1v) is 7.58. The number of benzene rings is 1. The number of hydrogen-bond acceptors (Lipinski definition) is 2. The van der Waals surface area contributed by atoms with E-state index in [-0.39, 0.29) is 12.1 Å². The van der Waals surface area contributed by atoms with Gasteiger partial charge in [0.05, 0.1) is 0 Å². The van der Waals surface area contributed by atoms with E-state index >= 15 is 0 Å². The van der Waals surface area contributed by atoms with Gasteiger partial charge in [0.1, 0.15) is 6.04 Å². The maximum absolute atomic E-state index is 13.7. The van der Waals surface area contributed by atoms with Gasteiger partial charge in [0.15, 0.2) is 0 Å². The lowest BCUT2D eigenvalue weighted by Gasteiger charge is -2.45. The van der Waals surface area contributed by atoms with Crippen molar-refractivity contribution in [2.75, 3.05) is 13.1 Å². The predicted octanol–water partition coefficient (Wildman–Crippen LogP) is 3.75. The molecule has 1 aliphatic rings. The monoisotopic (exact) mass is 300 g/mol. The Morgan fingerprint density at radius 2 is 1.86 bits per heavy atom. The molecule has 1 N–H and O–H groups in total. The summed E-state index contributed by atoms with van der Waals surface area (Å²) in [5.41, 5.74) is 0.334. The predicted molar refractivity (Wildman–Crippen MR) is 78.1 cm³/mol. The standard InChI is InChI=1S/C16H23F3N2/c1-3-13-11-21(14(4-2)10-20-13)15(16(17,18)19)12-8-6-5-7-9-12/h5-9,13-15,20H,3-4,10-11H2,1-2H3. The first-order chi connectivity index (χ1) is 9.97. The van der Waals surface area contributed by atoms with Crippen molar-refractivity contribution in [3.8, 4) is 0 Å². The highest BCUT2D eigenvalue weighted by molar-refractivity contribution is 5.21. The minimum atomic E-state index is -4.26. The van der Waals surface area contributed by atoms with Gasteiger partial charge >= 0.3 is 6.18 Å². The van der Waals surface area contributed by atoms with E-state index < -0.39 is 12.2 Å². The van der Waals surface area contributed by atoms with Crippen LogP contribution < -0.4 is 5.32 Å². The summed E-state index contributed by atoms with van der Waals surface area (Å²) in [7, 11) is 0. The molecule has 1 aromatic rings. The lowest BCUT2D eigenvalue weighted by Crippen LogP contribution is -2.59. The van der Waals surface area contributed by atoms with E-state index in [0.717, 1.165) is 6.42 Å². The summed E-state index contributed by atoms with van der Waals surface area (Å²) in [6, 6.07) is 6.78. The zero-order valence-electron chi connectivity index (χ0n) is 12.5. The van der Waals surface area contributed by atoms with Crippen molar-refractivity contribution in [1.29, 1.82) is 0 Å². The minimum absolute atomic E-state index is 0.0837. The molecule has 1 aromatic carbocycles. The first-order valence-electron chi connectivity index (χ1n) is 7.58. The largest absolute Gasteiger partial charge is 0.408 e. The van der Waals surface area contributed by atoms with Crippen molar-refractivity contribution >= 4 is 0 Å². The van der Waals surface area contributed by atoms with Crippen LogP contribution in [0.4, 0.5) is 13.2 Å². The molecule has 1 saturated heterocycles. The molecule has 1 heterocycles. The van der Waals surface area contributed by atoms with E-state index in [1.165, 1.54) is 0 Å². The summed E-state index contributed by atoms with van der Waals surface area (Å²) in [5, 5.41) is 3.35. The number of nitrogens with zero attached hydrogens (tertiary/aromatic N) is 1. The lowest BCUT2D eigenvalue weighted by atomic mass is 9.97. The van der Waals surface area contributed by atoms with Crippen LogP contribution >= 0.6 is 0 Å². The molecule has 3 atom stereocenters. The van der Waals surface area contributed by atoms with Gasteiger partial charge in [-0.15, -0.1) is 0 Å². The van der Waals surface area contributed by atoms with Crippen LogP contribution in [0.25, 0.3) is 0 Å². The van der Waals surface area contributed by atoms with Gasteiger partial charge in [-0.05, 0) is 18.4 Å². The van der Waals surface area contributed by atoms with Crippen LogP contribution in [0.5, 0.6) is 0 Å². The van der Waals surface area contributed by atoms with Gasteiger partial charge in [0.25, 0.3) is 0 Å². The van der Waals surface area contributed by atoms with Crippen LogP contribution in [0.1, 0.15) is 38.3 Å². The van der Waals surface area contributed by atoms with Crippen molar-refractivity contribution in [3.05, 3.63) is 35.9 Å². The van der Waals surface area contributed by atoms with Gasteiger partial charge in [0, 0.05) is 25.2 Å². The van der Waals surface area contributed by atoms with Crippen molar-refractivity contribution in [2.45, 2.75) is 51.0 Å². The molecule has 2 rings (SSSR count). The third-order valence-electron chi connectivity index (χ3n) is 4.26. The van der Waals surface area contributed by atoms with Gasteiger partial charge in [0.2, 0.25) is 0 Å². The molecule has 0 amide bonds. The Kier molecular flexibility index (Phi) is 5.27. The van der Waals surface area contributed by atoms with Crippen molar-refractivity contribution < 1.29 is 13.2 Å². The van der Waals surface area contributed by atoms with E-state index in [4.69, 9.17) is 0 Å². The summed E-state index contributed by atoms with van der Waals surface area (Å²) >= 11 is 0. The SMILES string of the molecule is CCC1CN(C(c2ccccc2)C(F)(F)F)C(CC)CN1. The fourth-order valence-corrected chi connectivity index (χ4v) is 3.06. The molecule has 0 saturated carbocycles. The average molecular weight is 300 g/mol. The fourth-order valence-electron chi connectivity index (χ4n) is 3.06. The Bertz CT molecular complexity index is 433. The smallest absolute Gasteiger partial charge is 0.311 e. The van der Waals surface area contributed by atoms with Crippen LogP contribution in [0.3, 0.4) is 0 Å². The molecule has 0 aromatic heterocycles. The fraction of sp³-hybridized carbons (Fsp3) is 0.625. The second kappa shape index (κ2) is 6.79. The Morgan fingerprint density at radius 1 is 1.19 bits per heavy atom. The van der Waals surface area contributed by atoms with Crippen molar-refractivity contribution in [3.63, 3.8) is 0 Å². The third kappa shape index (κ3) is 3.77. The Hall–Kier alpha value is -1.07. The number of piperazine rings is 1. The van der Waals surface area contributed by atoms with Gasteiger partial charge in [-0.3, -0.25) is 4.90 Å². The van der Waals surface area contributed by atoms with E-state index in [2.05, 4.69) is 5.32 Å². The van der Waals surface area contributed by atoms with Crippen LogP contribution in [-0.2, 0) is 0 Å². The van der Waals surface area contributed by atoms with E-state index in [1.54, 1.807) is 35.2 Å². The molecule has 118 valence electrons. The topological polar surface area (TPSA) is 15.3 Å². The van der Waals surface area contributed by atoms with Crippen molar-refractivity contribution in [1.82, 2.24) is 10.2 Å². The zero-order valence-corrected chi connectivity index (χ0v) is 12.5. The van der Waals surface area contributed by atoms with E-state index in [9.17, 15) is 13.2 Å². The summed E-state index contributed by atoms with van der Waals surface area (Å²) in [5.74, 6) is 0. The maximum Gasteiger partial charge on any atom is 0.408 e. The molecule has 0 aliphatic carbocycles. The second-order valence-electron chi connectivity index (χ2n) is 5.63. The number of rotatable bonds is 4. The Labute approximate surface area is 124 Å². The number of alkyl halides is 3. The molecule has 1 aliphatic heterocycles. The molecule has 3 unspecified atom stereocenters. The summed E-state index contributed by atoms with van der Waals surface area (Å²) in [4.78, 5) is 1.64. The number of halogens is 3. The minimum Gasteiger partial charge on any atom is -0.311 e. The normalized spacial score (nSPS) is 25.8. The Morgan fingerprint density at radius 3 is 2.38 bits per heavy atom. The highest BCUT2D eigenvalue weighted by Gasteiger charge is 2.47. The lowest BCUT2D eigenvalue weighted by molar-refractivity contribution is -0.196. The molecule has 1 fully saturated rings. The van der Waals surface area contributed by atoms with Gasteiger partial charge < -0.3 is 5.32 Å². The molecule has 21 heavy (non-hydrogen) atoms. The van der Waals surface area contributed by atoms with E-state index in [0.29, 0.717) is 25.1 Å². The summed E-state index contributed by atoms with van der Waals surface area (Å²) < 4.78 is 41.0. The molecular weight excluding hydrogens is 277 g/mol. The number of hydrogen-bond donors (Lipinski definition) is 1. The van der Waals surface area contributed by atoms with Gasteiger partial charge in [-0.1, -0.05) is 44.2 Å². The van der Waals surface area contributed by atoms with E-state index in [1.807, 2.05) is 13.8 Å². The third-order valence-corrected chi connectivity index (χ3v) is 4.26. The van der Waals surface area contributed by atoms with Crippen LogP contribution in [0.2, 0.25) is 0 Å². The zero-order chi connectivity index (χ0) is 15.5. The quantitative estimate of drug-likeness (QED) is 0.911. The summed E-state index contributed by atoms with van der Waals surface area (Å²) in [6.45, 7) is 5.01. The van der Waals surface area contributed by atoms with Crippen LogP contribution in [0.15, 0.2) is 30.3 Å². The van der Waals surface area contributed by atoms with Crippen LogP contribution in [0, 0.1) is 0 Å². The highest BCUT2D eigenvalue weighted by Crippen LogP contribution is 2.39. The van der Waals surface area contributed by atoms with Gasteiger partial charge in [-0.25, -0.2) is 0 Å². The molecule has 0 spiro atoms. The van der Waals surface area contributed by atoms with Gasteiger partial charge in [-0.2, -0.15) is 13.2 Å². The molecular formula is C16H23F3N2. The maximum atomic E-state index is 13.7. The average Bonchev–Trinajstić information content (AvgIpc) is 2.47. The highest BCUT2D eigenvalue weighted by atomic mass is 19.4. The summed E-state index contributed by atoms with van der Waals surface area (Å²) in [6.07, 6.45) is -2.71. The molecule has 0 bridgehead atoms. The van der Waals surface area contributed by atoms with Crippen molar-refractivity contribution in [2.24, 2.45) is 0 Å². The molecule has 2 nitrogen and oxygen atoms in total. The number of nitrogens with one attached hydrogen (secondary N) is 1. The first kappa shape index (κ1) is 16.3. The van der Waals surface area contributed by atoms with Crippen LogP contribution in [-0.4, -0.2) is 36.2 Å². The Balaban J connectivity index is 2.34. The second-order valence-corrected chi connectivity index (χ2v) is 5.63. The molecule has 5 heteroatoms.